The van der Waals surface area contributed by atoms with E-state index in [1.54, 1.807) is 0 Å². The second kappa shape index (κ2) is 7.63. The van der Waals surface area contributed by atoms with E-state index in [-0.39, 0.29) is 27.7 Å². The molecule has 1 N–H and O–H groups in total. The van der Waals surface area contributed by atoms with E-state index in [4.69, 9.17) is 16.3 Å². The van der Waals surface area contributed by atoms with E-state index < -0.39 is 40.8 Å². The predicted molar refractivity (Wildman–Crippen MR) is 94.9 cm³/mol. The van der Waals surface area contributed by atoms with E-state index in [1.807, 2.05) is 0 Å². The van der Waals surface area contributed by atoms with Crippen LogP contribution in [-0.2, 0) is 9.53 Å². The number of aliphatic imine (C=N–C) groups is 1. The van der Waals surface area contributed by atoms with Crippen molar-refractivity contribution >= 4 is 23.4 Å². The van der Waals surface area contributed by atoms with Crippen LogP contribution >= 0.6 is 11.6 Å². The molecule has 0 aliphatic carbocycles. The van der Waals surface area contributed by atoms with Crippen molar-refractivity contribution in [2.45, 2.75) is 13.0 Å². The van der Waals surface area contributed by atoms with Crippen molar-refractivity contribution in [2.24, 2.45) is 4.99 Å². The maximum Gasteiger partial charge on any atom is 0.338 e. The van der Waals surface area contributed by atoms with Crippen LogP contribution in [0.3, 0.4) is 0 Å². The molecule has 1 aliphatic rings. The van der Waals surface area contributed by atoms with Gasteiger partial charge in [0.1, 0.15) is 35.1 Å². The Morgan fingerprint density at radius 1 is 1.11 bits per heavy atom. The second-order valence-electron chi connectivity index (χ2n) is 5.95. The summed E-state index contributed by atoms with van der Waals surface area (Å²) < 4.78 is 59.9. The molecule has 0 fully saturated rings. The quantitative estimate of drug-likeness (QED) is 0.599. The molecule has 0 radical (unpaired) electrons. The molecular weight excluding hydrogens is 400 g/mol. The Balaban J connectivity index is 2.21. The lowest BCUT2D eigenvalue weighted by molar-refractivity contribution is -0.136. The molecule has 0 bridgehead atoms. The molecular formula is C19H13ClF4N2O2. The molecule has 28 heavy (non-hydrogen) atoms. The van der Waals surface area contributed by atoms with Crippen molar-refractivity contribution in [1.29, 1.82) is 0 Å². The zero-order valence-electron chi connectivity index (χ0n) is 14.6. The van der Waals surface area contributed by atoms with Gasteiger partial charge in [0.05, 0.1) is 18.2 Å². The van der Waals surface area contributed by atoms with Gasteiger partial charge in [0.25, 0.3) is 0 Å². The summed E-state index contributed by atoms with van der Waals surface area (Å²) in [6.45, 7) is 1.48. The maximum atomic E-state index is 14.2. The average Bonchev–Trinajstić information content (AvgIpc) is 2.59. The first-order valence-corrected chi connectivity index (χ1v) is 8.34. The molecule has 0 saturated carbocycles. The molecule has 1 unspecified atom stereocenters. The molecule has 0 amide bonds. The lowest BCUT2D eigenvalue weighted by Gasteiger charge is -2.26. The van der Waals surface area contributed by atoms with Gasteiger partial charge in [-0.2, -0.15) is 0 Å². The molecule has 9 heteroatoms. The van der Waals surface area contributed by atoms with Crippen LogP contribution < -0.4 is 5.32 Å². The highest BCUT2D eigenvalue weighted by atomic mass is 35.5. The van der Waals surface area contributed by atoms with Gasteiger partial charge in [0.2, 0.25) is 0 Å². The van der Waals surface area contributed by atoms with Gasteiger partial charge in [-0.3, -0.25) is 4.99 Å². The lowest BCUT2D eigenvalue weighted by Crippen LogP contribution is -2.34. The highest BCUT2D eigenvalue weighted by molar-refractivity contribution is 6.31. The van der Waals surface area contributed by atoms with E-state index in [1.165, 1.54) is 13.0 Å². The number of halogens is 5. The highest BCUT2D eigenvalue weighted by Crippen LogP contribution is 2.36. The SMILES string of the molecule is COC(=O)C1=C(C)NC(c2c(F)cc(F)cc2F)=NC1c1ccc(F)cc1Cl. The van der Waals surface area contributed by atoms with Gasteiger partial charge in [-0.05, 0) is 19.1 Å². The molecule has 1 heterocycles. The van der Waals surface area contributed by atoms with Crippen molar-refractivity contribution in [1.82, 2.24) is 5.32 Å². The number of carbonyl (C=O) groups is 1. The number of hydrogen-bond donors (Lipinski definition) is 1. The number of ether oxygens (including phenoxy) is 1. The average molecular weight is 413 g/mol. The molecule has 0 aromatic heterocycles. The summed E-state index contributed by atoms with van der Waals surface area (Å²) in [6.07, 6.45) is 0. The summed E-state index contributed by atoms with van der Waals surface area (Å²) in [4.78, 5) is 16.5. The number of esters is 1. The first-order chi connectivity index (χ1) is 13.2. The van der Waals surface area contributed by atoms with Crippen LogP contribution in [-0.4, -0.2) is 18.9 Å². The van der Waals surface area contributed by atoms with Crippen LogP contribution in [0, 0.1) is 23.3 Å². The van der Waals surface area contributed by atoms with E-state index in [2.05, 4.69) is 10.3 Å². The molecule has 1 aliphatic heterocycles. The molecule has 146 valence electrons. The van der Waals surface area contributed by atoms with E-state index in [0.29, 0.717) is 12.1 Å². The van der Waals surface area contributed by atoms with E-state index in [0.717, 1.165) is 19.2 Å². The Kier molecular flexibility index (Phi) is 5.42. The van der Waals surface area contributed by atoms with Gasteiger partial charge in [-0.25, -0.2) is 22.4 Å². The van der Waals surface area contributed by atoms with Gasteiger partial charge >= 0.3 is 5.97 Å². The monoisotopic (exact) mass is 412 g/mol. The third kappa shape index (κ3) is 3.60. The Bertz CT molecular complexity index is 1010. The van der Waals surface area contributed by atoms with Gasteiger partial charge in [-0.15, -0.1) is 0 Å². The number of methoxy groups -OCH3 is 1. The van der Waals surface area contributed by atoms with Crippen LogP contribution in [0.1, 0.15) is 24.1 Å². The Hall–Kier alpha value is -2.87. The van der Waals surface area contributed by atoms with Crippen LogP contribution in [0.15, 0.2) is 46.6 Å². The summed E-state index contributed by atoms with van der Waals surface area (Å²) in [5, 5.41) is 2.60. The fourth-order valence-electron chi connectivity index (χ4n) is 2.89. The predicted octanol–water partition coefficient (Wildman–Crippen LogP) is 4.43. The number of benzene rings is 2. The van der Waals surface area contributed by atoms with E-state index in [9.17, 15) is 22.4 Å². The van der Waals surface area contributed by atoms with Crippen LogP contribution in [0.4, 0.5) is 17.6 Å². The second-order valence-corrected chi connectivity index (χ2v) is 6.35. The largest absolute Gasteiger partial charge is 0.466 e. The molecule has 0 saturated heterocycles. The fraction of sp³-hybridized carbons (Fsp3) is 0.158. The third-order valence-corrected chi connectivity index (χ3v) is 4.47. The first-order valence-electron chi connectivity index (χ1n) is 7.96. The van der Waals surface area contributed by atoms with Crippen molar-refractivity contribution in [3.63, 3.8) is 0 Å². The Morgan fingerprint density at radius 2 is 1.75 bits per heavy atom. The van der Waals surface area contributed by atoms with Crippen molar-refractivity contribution < 1.29 is 27.1 Å². The first kappa shape index (κ1) is 19.9. The summed E-state index contributed by atoms with van der Waals surface area (Å²) in [5.74, 6) is -5.08. The highest BCUT2D eigenvalue weighted by Gasteiger charge is 2.33. The molecule has 1 atom stereocenters. The summed E-state index contributed by atoms with van der Waals surface area (Å²) in [7, 11) is 1.16. The number of rotatable bonds is 3. The number of nitrogens with zero attached hydrogens (tertiary/aromatic N) is 1. The minimum Gasteiger partial charge on any atom is -0.466 e. The maximum absolute atomic E-state index is 14.2. The van der Waals surface area contributed by atoms with E-state index >= 15 is 0 Å². The molecule has 2 aromatic carbocycles. The van der Waals surface area contributed by atoms with Crippen molar-refractivity contribution in [3.05, 3.63) is 81.0 Å². The van der Waals surface area contributed by atoms with Gasteiger partial charge < -0.3 is 10.1 Å². The van der Waals surface area contributed by atoms with Crippen molar-refractivity contribution in [3.8, 4) is 0 Å². The fourth-order valence-corrected chi connectivity index (χ4v) is 3.16. The molecule has 2 aromatic rings. The lowest BCUT2D eigenvalue weighted by atomic mass is 9.95. The number of hydrogen-bond acceptors (Lipinski definition) is 4. The van der Waals surface area contributed by atoms with Gasteiger partial charge in [0.15, 0.2) is 0 Å². The topological polar surface area (TPSA) is 50.7 Å². The Morgan fingerprint density at radius 3 is 2.32 bits per heavy atom. The van der Waals surface area contributed by atoms with Crippen LogP contribution in [0.2, 0.25) is 5.02 Å². The standard InChI is InChI=1S/C19H13ClF4N2O2/c1-8-15(19(27)28-2)17(11-4-3-9(21)5-12(11)20)26-18(25-8)16-13(23)6-10(22)7-14(16)24/h3-7,17H,1-2H3,(H,25,26). The number of nitrogens with one attached hydrogen (secondary N) is 1. The summed E-state index contributed by atoms with van der Waals surface area (Å²) >= 11 is 6.10. The summed E-state index contributed by atoms with van der Waals surface area (Å²) in [6, 6.07) is 3.34. The zero-order chi connectivity index (χ0) is 20.6. The third-order valence-electron chi connectivity index (χ3n) is 4.15. The van der Waals surface area contributed by atoms with Crippen LogP contribution in [0.5, 0.6) is 0 Å². The normalized spacial score (nSPS) is 16.5. The Labute approximate surface area is 162 Å². The molecule has 4 nitrogen and oxygen atoms in total. The minimum absolute atomic E-state index is 0.0303. The van der Waals surface area contributed by atoms with Crippen LogP contribution in [0.25, 0.3) is 0 Å². The number of allylic oxidation sites excluding steroid dienone is 1. The smallest absolute Gasteiger partial charge is 0.338 e. The van der Waals surface area contributed by atoms with Crippen molar-refractivity contribution in [2.75, 3.05) is 7.11 Å². The molecule has 3 rings (SSSR count). The number of carbonyl (C=O) groups excluding carboxylic acids is 1. The molecule has 0 spiro atoms. The summed E-state index contributed by atoms with van der Waals surface area (Å²) in [5.41, 5.74) is -0.148. The van der Waals surface area contributed by atoms with Gasteiger partial charge in [-0.1, -0.05) is 17.7 Å². The van der Waals surface area contributed by atoms with Gasteiger partial charge in [0, 0.05) is 28.4 Å². The minimum atomic E-state index is -1.18. The number of amidine groups is 1. The zero-order valence-corrected chi connectivity index (χ0v) is 15.4.